The molecule has 0 bridgehead atoms. The molecule has 54 heavy (non-hydrogen) atoms. The molecule has 1 saturated heterocycles. The van der Waals surface area contributed by atoms with Crippen LogP contribution in [0.2, 0.25) is 0 Å². The lowest BCUT2D eigenvalue weighted by Gasteiger charge is -2.41. The van der Waals surface area contributed by atoms with Gasteiger partial charge in [-0.2, -0.15) is 0 Å². The fourth-order valence-electron chi connectivity index (χ4n) is 7.90. The Morgan fingerprint density at radius 3 is 2.06 bits per heavy atom. The number of amides is 4. The van der Waals surface area contributed by atoms with Gasteiger partial charge in [0.15, 0.2) is 0 Å². The Morgan fingerprint density at radius 1 is 0.907 bits per heavy atom. The summed E-state index contributed by atoms with van der Waals surface area (Å²) >= 11 is 0. The van der Waals surface area contributed by atoms with Crippen molar-refractivity contribution in [2.75, 3.05) is 41.9 Å². The van der Waals surface area contributed by atoms with E-state index in [4.69, 9.17) is 9.47 Å². The van der Waals surface area contributed by atoms with Crippen LogP contribution in [0.5, 0.6) is 0 Å². The van der Waals surface area contributed by atoms with Crippen molar-refractivity contribution in [3.05, 3.63) is 35.4 Å². The van der Waals surface area contributed by atoms with Crippen LogP contribution in [0, 0.1) is 30.6 Å². The van der Waals surface area contributed by atoms with E-state index in [1.807, 2.05) is 98.7 Å². The SMILES string of the molecule is CC[C@H](C)[C@@H]([C@@H](CC(=O)N1CCC[C@H]1[C@H](OC)[C@@H](C)C(=O)CCC(=O)NCc1ccc(C)cc1)OC)N(C)C(=O)[C@@H](NC(=O)[C@H](C(C)C)N(C)C)C(C)C. The summed E-state index contributed by atoms with van der Waals surface area (Å²) in [7, 11) is 8.58. The molecule has 306 valence electrons. The van der Waals surface area contributed by atoms with Crippen molar-refractivity contribution in [3.63, 3.8) is 0 Å². The van der Waals surface area contributed by atoms with Gasteiger partial charge in [0, 0.05) is 53.1 Å². The molecule has 12 heteroatoms. The van der Waals surface area contributed by atoms with Crippen LogP contribution in [0.15, 0.2) is 24.3 Å². The average Bonchev–Trinajstić information content (AvgIpc) is 3.61. The molecule has 1 heterocycles. The lowest BCUT2D eigenvalue weighted by atomic mass is 9.88. The fraction of sp³-hybridized carbons (Fsp3) is 0.738. The van der Waals surface area contributed by atoms with Gasteiger partial charge in [0.25, 0.3) is 0 Å². The fourth-order valence-corrected chi connectivity index (χ4v) is 7.90. The van der Waals surface area contributed by atoms with Crippen LogP contribution >= 0.6 is 0 Å². The Bertz CT molecular complexity index is 1360. The van der Waals surface area contributed by atoms with E-state index in [2.05, 4.69) is 10.6 Å². The highest BCUT2D eigenvalue weighted by Crippen LogP contribution is 2.30. The first kappa shape index (κ1) is 46.8. The molecule has 12 nitrogen and oxygen atoms in total. The molecule has 0 aliphatic carbocycles. The van der Waals surface area contributed by atoms with Crippen molar-refractivity contribution in [2.24, 2.45) is 23.7 Å². The third kappa shape index (κ3) is 12.9. The lowest BCUT2D eigenvalue weighted by molar-refractivity contribution is -0.148. The second-order valence-electron chi connectivity index (χ2n) is 16.2. The summed E-state index contributed by atoms with van der Waals surface area (Å²) in [5.74, 6) is -1.50. The van der Waals surface area contributed by atoms with Crippen molar-refractivity contribution < 1.29 is 33.4 Å². The van der Waals surface area contributed by atoms with Crippen LogP contribution < -0.4 is 10.6 Å². The number of methoxy groups -OCH3 is 2. The quantitative estimate of drug-likeness (QED) is 0.175. The number of Topliss-reactive ketones (excluding diaryl/α,β-unsaturated/α-hetero) is 1. The molecule has 1 aromatic rings. The zero-order valence-corrected chi connectivity index (χ0v) is 35.4. The number of nitrogens with one attached hydrogen (secondary N) is 2. The maximum Gasteiger partial charge on any atom is 0.245 e. The Hall–Kier alpha value is -3.35. The summed E-state index contributed by atoms with van der Waals surface area (Å²) in [6.45, 7) is 16.6. The predicted molar refractivity (Wildman–Crippen MR) is 212 cm³/mol. The van der Waals surface area contributed by atoms with Gasteiger partial charge in [-0.25, -0.2) is 0 Å². The minimum Gasteiger partial charge on any atom is -0.379 e. The van der Waals surface area contributed by atoms with Gasteiger partial charge in [0.05, 0.1) is 36.8 Å². The molecule has 1 aliphatic heterocycles. The highest BCUT2D eigenvalue weighted by atomic mass is 16.5. The van der Waals surface area contributed by atoms with E-state index in [-0.39, 0.29) is 72.5 Å². The maximum absolute atomic E-state index is 14.2. The smallest absolute Gasteiger partial charge is 0.245 e. The molecule has 1 aromatic carbocycles. The van der Waals surface area contributed by atoms with Gasteiger partial charge in [0.2, 0.25) is 23.6 Å². The van der Waals surface area contributed by atoms with Crippen LogP contribution in [-0.2, 0) is 40.0 Å². The van der Waals surface area contributed by atoms with Crippen molar-refractivity contribution in [2.45, 2.75) is 137 Å². The van der Waals surface area contributed by atoms with Gasteiger partial charge in [-0.3, -0.25) is 28.9 Å². The molecular formula is C42H71N5O7. The summed E-state index contributed by atoms with van der Waals surface area (Å²) < 4.78 is 11.9. The van der Waals surface area contributed by atoms with Crippen molar-refractivity contribution in [1.29, 1.82) is 0 Å². The van der Waals surface area contributed by atoms with Crippen LogP contribution in [0.25, 0.3) is 0 Å². The number of rotatable bonds is 22. The number of aryl methyl sites for hydroxylation is 1. The Labute approximate surface area is 325 Å². The summed E-state index contributed by atoms with van der Waals surface area (Å²) in [6, 6.07) is 6.02. The first-order valence-corrected chi connectivity index (χ1v) is 19.8. The number of likely N-dealkylation sites (N-methyl/N-ethyl adjacent to an activating group) is 2. The zero-order valence-electron chi connectivity index (χ0n) is 35.4. The van der Waals surface area contributed by atoms with Crippen LogP contribution in [-0.4, -0.2) is 122 Å². The summed E-state index contributed by atoms with van der Waals surface area (Å²) in [6.07, 6.45) is 1.23. The maximum atomic E-state index is 14.2. The average molecular weight is 758 g/mol. The van der Waals surface area contributed by atoms with E-state index in [1.165, 1.54) is 0 Å². The molecule has 1 aliphatic rings. The predicted octanol–water partition coefficient (Wildman–Crippen LogP) is 4.61. The van der Waals surface area contributed by atoms with Crippen LogP contribution in [0.1, 0.15) is 98.1 Å². The highest BCUT2D eigenvalue weighted by molar-refractivity contribution is 5.90. The number of likely N-dealkylation sites (tertiary alicyclic amines) is 1. The minimum absolute atomic E-state index is 0.0155. The number of ketones is 1. The molecule has 0 radical (unpaired) electrons. The summed E-state index contributed by atoms with van der Waals surface area (Å²) in [4.78, 5) is 73.1. The Kier molecular flexibility index (Phi) is 19.3. The van der Waals surface area contributed by atoms with Gasteiger partial charge in [0.1, 0.15) is 11.8 Å². The first-order chi connectivity index (χ1) is 25.4. The summed E-state index contributed by atoms with van der Waals surface area (Å²) in [5, 5.41) is 5.93. The molecular weight excluding hydrogens is 686 g/mol. The molecule has 0 spiro atoms. The van der Waals surface area contributed by atoms with E-state index >= 15 is 0 Å². The molecule has 0 saturated carbocycles. The van der Waals surface area contributed by atoms with Gasteiger partial charge < -0.3 is 29.9 Å². The highest BCUT2D eigenvalue weighted by Gasteiger charge is 2.43. The molecule has 1 fully saturated rings. The van der Waals surface area contributed by atoms with Crippen molar-refractivity contribution in [1.82, 2.24) is 25.3 Å². The van der Waals surface area contributed by atoms with E-state index < -0.39 is 36.3 Å². The van der Waals surface area contributed by atoms with Crippen molar-refractivity contribution in [3.8, 4) is 0 Å². The van der Waals surface area contributed by atoms with Crippen LogP contribution in [0.3, 0.4) is 0 Å². The molecule has 2 rings (SSSR count). The molecule has 0 aromatic heterocycles. The number of benzene rings is 1. The molecule has 4 amide bonds. The number of nitrogens with zero attached hydrogens (tertiary/aromatic N) is 3. The van der Waals surface area contributed by atoms with Gasteiger partial charge in [-0.05, 0) is 57.2 Å². The topological polar surface area (TPSA) is 138 Å². The second kappa shape index (κ2) is 22.3. The molecule has 0 unspecified atom stereocenters. The van der Waals surface area contributed by atoms with Gasteiger partial charge in [-0.1, -0.05) is 84.7 Å². The third-order valence-corrected chi connectivity index (χ3v) is 11.2. The first-order valence-electron chi connectivity index (χ1n) is 19.8. The number of hydrogen-bond acceptors (Lipinski definition) is 8. The van der Waals surface area contributed by atoms with E-state index in [0.29, 0.717) is 19.5 Å². The Morgan fingerprint density at radius 2 is 1.54 bits per heavy atom. The van der Waals surface area contributed by atoms with Gasteiger partial charge in [-0.15, -0.1) is 0 Å². The van der Waals surface area contributed by atoms with E-state index in [9.17, 15) is 24.0 Å². The molecule has 2 N–H and O–H groups in total. The van der Waals surface area contributed by atoms with Gasteiger partial charge >= 0.3 is 0 Å². The minimum atomic E-state index is -0.757. The molecule has 8 atom stereocenters. The Balaban J connectivity index is 2.17. The largest absolute Gasteiger partial charge is 0.379 e. The number of hydrogen-bond donors (Lipinski definition) is 2. The zero-order chi connectivity index (χ0) is 40.9. The van der Waals surface area contributed by atoms with Crippen LogP contribution in [0.4, 0.5) is 0 Å². The summed E-state index contributed by atoms with van der Waals surface area (Å²) in [5.41, 5.74) is 2.14. The standard InChI is InChI=1S/C42H71N5O7/c1-14-29(7)39(46(11)42(52)37(26(2)3)44-41(51)38(27(4)5)45(9)10)34(53-12)24-36(50)47-23-15-16-32(47)40(54-13)30(8)33(48)21-22-35(49)43-25-31-19-17-28(6)18-20-31/h17-20,26-27,29-30,32,34,37-40H,14-16,21-25H2,1-13H3,(H,43,49)(H,44,51)/t29-,30-,32-,34+,37-,38-,39-,40+/m0/s1. The number of carbonyl (C=O) groups excluding carboxylic acids is 5. The number of ether oxygens (including phenoxy) is 2. The lowest BCUT2D eigenvalue weighted by Crippen LogP contribution is -2.59. The van der Waals surface area contributed by atoms with E-state index in [0.717, 1.165) is 24.0 Å². The van der Waals surface area contributed by atoms with Crippen molar-refractivity contribution >= 4 is 29.4 Å². The second-order valence-corrected chi connectivity index (χ2v) is 16.2. The monoisotopic (exact) mass is 758 g/mol. The van der Waals surface area contributed by atoms with E-state index in [1.54, 1.807) is 31.1 Å². The normalized spacial score (nSPS) is 18.5. The third-order valence-electron chi connectivity index (χ3n) is 11.2. The number of carbonyl (C=O) groups is 5.